The molecule has 7 nitrogen and oxygen atoms in total. The van der Waals surface area contributed by atoms with Gasteiger partial charge in [0.05, 0.1) is 18.9 Å². The molecule has 0 saturated carbocycles. The highest BCUT2D eigenvalue weighted by atomic mass is 16.7. The first-order valence-corrected chi connectivity index (χ1v) is 9.17. The Kier molecular flexibility index (Phi) is 4.33. The number of ether oxygens (including phenoxy) is 1. The zero-order valence-electron chi connectivity index (χ0n) is 15.7. The fourth-order valence-corrected chi connectivity index (χ4v) is 4.47. The van der Waals surface area contributed by atoms with Gasteiger partial charge in [-0.2, -0.15) is 0 Å². The number of aryl methyl sites for hydroxylation is 3. The van der Waals surface area contributed by atoms with Crippen molar-refractivity contribution >= 4 is 11.5 Å². The maximum atomic E-state index is 13.0. The van der Waals surface area contributed by atoms with Crippen LogP contribution in [0.5, 0.6) is 0 Å². The van der Waals surface area contributed by atoms with Gasteiger partial charge in [0.2, 0.25) is 11.9 Å². The highest BCUT2D eigenvalue weighted by Crippen LogP contribution is 2.43. The van der Waals surface area contributed by atoms with E-state index in [1.54, 1.807) is 4.90 Å². The topological polar surface area (TPSA) is 91.6 Å². The summed E-state index contributed by atoms with van der Waals surface area (Å²) < 4.78 is 5.69. The number of oxime groups is 1. The van der Waals surface area contributed by atoms with Crippen LogP contribution in [0.2, 0.25) is 0 Å². The first-order chi connectivity index (χ1) is 12.9. The molecule has 1 aromatic carbocycles. The van der Waals surface area contributed by atoms with Gasteiger partial charge in [-0.15, -0.1) is 0 Å². The molecule has 1 saturated heterocycles. The average Bonchev–Trinajstić information content (AvgIpc) is 3.03. The van der Waals surface area contributed by atoms with Gasteiger partial charge in [-0.3, -0.25) is 4.79 Å². The highest BCUT2D eigenvalue weighted by molar-refractivity contribution is 6.19. The van der Waals surface area contributed by atoms with Crippen LogP contribution in [0.25, 0.3) is 0 Å². The second-order valence-corrected chi connectivity index (χ2v) is 7.44. The Morgan fingerprint density at radius 1 is 1.30 bits per heavy atom. The number of aliphatic hydroxyl groups excluding tert-OH is 1. The highest BCUT2D eigenvalue weighted by Gasteiger charge is 2.60. The van der Waals surface area contributed by atoms with Gasteiger partial charge < -0.3 is 24.7 Å². The largest absolute Gasteiger partial charge is 0.395 e. The van der Waals surface area contributed by atoms with Crippen LogP contribution in [0.3, 0.4) is 0 Å². The second kappa shape index (κ2) is 6.44. The minimum Gasteiger partial charge on any atom is -0.395 e. The number of carbonyl (C=O) groups is 1. The number of rotatable bonds is 3. The average molecular weight is 372 g/mol. The van der Waals surface area contributed by atoms with Gasteiger partial charge in [-0.05, 0) is 31.9 Å². The Morgan fingerprint density at radius 2 is 2.00 bits per heavy atom. The number of aliphatic hydroxyl groups is 2. The predicted octanol–water partition coefficient (Wildman–Crippen LogP) is 0.811. The molecule has 2 N–H and O–H groups in total. The molecule has 1 aromatic rings. The molecule has 2 aliphatic heterocycles. The van der Waals surface area contributed by atoms with Crippen molar-refractivity contribution in [3.05, 3.63) is 46.2 Å². The van der Waals surface area contributed by atoms with Crippen LogP contribution in [0.4, 0.5) is 0 Å². The minimum atomic E-state index is -1.76. The molecule has 4 rings (SSSR count). The molecule has 1 aliphatic carbocycles. The molecule has 0 aromatic heterocycles. The first kappa shape index (κ1) is 18.2. The number of nitrogens with zero attached hydrogens (tertiary/aromatic N) is 2. The molecule has 0 amide bonds. The van der Waals surface area contributed by atoms with Crippen LogP contribution in [0.15, 0.2) is 29.1 Å². The molecule has 2 heterocycles. The summed E-state index contributed by atoms with van der Waals surface area (Å²) in [6, 6.07) is 4.09. The van der Waals surface area contributed by atoms with E-state index in [0.717, 1.165) is 22.3 Å². The summed E-state index contributed by atoms with van der Waals surface area (Å²) in [6.07, 6.45) is 0.473. The summed E-state index contributed by atoms with van der Waals surface area (Å²) in [5.74, 6) is -2.67. The predicted molar refractivity (Wildman–Crippen MR) is 98.2 cm³/mol. The van der Waals surface area contributed by atoms with Crippen LogP contribution in [-0.2, 0) is 14.4 Å². The Bertz CT molecular complexity index is 837. The van der Waals surface area contributed by atoms with E-state index in [1.807, 2.05) is 32.9 Å². The molecule has 3 atom stereocenters. The quantitative estimate of drug-likeness (QED) is 0.816. The maximum Gasteiger partial charge on any atom is 0.250 e. The second-order valence-electron chi connectivity index (χ2n) is 7.44. The summed E-state index contributed by atoms with van der Waals surface area (Å²) in [4.78, 5) is 20.4. The normalized spacial score (nSPS) is 29.7. The standard InChI is InChI=1S/C20H24N2O5/c1-11-8-12(2)16(13(3)9-11)18-17-14(24)10-15-20(25,19(17)27-21-18)26-7-5-22(15)4-6-23/h8-10,17,19,23,25H,4-7H2,1-3H3/t17-,19+,20-/m0/s1. The molecule has 144 valence electrons. The molecule has 1 fully saturated rings. The van der Waals surface area contributed by atoms with E-state index in [1.165, 1.54) is 6.08 Å². The van der Waals surface area contributed by atoms with E-state index in [4.69, 9.17) is 9.57 Å². The first-order valence-electron chi connectivity index (χ1n) is 9.17. The molecule has 0 unspecified atom stereocenters. The van der Waals surface area contributed by atoms with Crippen molar-refractivity contribution < 1.29 is 24.6 Å². The third-order valence-electron chi connectivity index (χ3n) is 5.53. The van der Waals surface area contributed by atoms with Crippen LogP contribution < -0.4 is 0 Å². The van der Waals surface area contributed by atoms with Gasteiger partial charge in [0.25, 0.3) is 0 Å². The van der Waals surface area contributed by atoms with Crippen molar-refractivity contribution in [2.24, 2.45) is 11.1 Å². The van der Waals surface area contributed by atoms with Crippen molar-refractivity contribution in [3.63, 3.8) is 0 Å². The summed E-state index contributed by atoms with van der Waals surface area (Å²) in [5.41, 5.74) is 4.91. The molecule has 3 aliphatic rings. The van der Waals surface area contributed by atoms with Crippen molar-refractivity contribution in [2.75, 3.05) is 26.3 Å². The number of allylic oxidation sites excluding steroid dienone is 1. The minimum absolute atomic E-state index is 0.0833. The SMILES string of the molecule is Cc1cc(C)c(C2=NO[C@@H]3[C@H]2C(=O)C=C2N(CCO)CCO[C@@]23O)c(C)c1. The number of ketones is 1. The molecule has 7 heteroatoms. The van der Waals surface area contributed by atoms with Crippen molar-refractivity contribution in [3.8, 4) is 0 Å². The smallest absolute Gasteiger partial charge is 0.250 e. The van der Waals surface area contributed by atoms with Gasteiger partial charge in [-0.25, -0.2) is 0 Å². The number of fused-ring (bicyclic) bond motifs is 3. The van der Waals surface area contributed by atoms with E-state index in [0.29, 0.717) is 24.5 Å². The van der Waals surface area contributed by atoms with Crippen molar-refractivity contribution in [2.45, 2.75) is 32.7 Å². The molecule has 0 bridgehead atoms. The Labute approximate surface area is 157 Å². The van der Waals surface area contributed by atoms with E-state index in [2.05, 4.69) is 5.16 Å². The van der Waals surface area contributed by atoms with Gasteiger partial charge in [-0.1, -0.05) is 22.9 Å². The number of hydrogen-bond acceptors (Lipinski definition) is 7. The van der Waals surface area contributed by atoms with E-state index >= 15 is 0 Å². The summed E-state index contributed by atoms with van der Waals surface area (Å²) in [7, 11) is 0. The van der Waals surface area contributed by atoms with E-state index < -0.39 is 17.8 Å². The van der Waals surface area contributed by atoms with Crippen LogP contribution in [-0.4, -0.2) is 64.8 Å². The fraction of sp³-hybridized carbons (Fsp3) is 0.500. The van der Waals surface area contributed by atoms with Gasteiger partial charge in [0.1, 0.15) is 11.6 Å². The molecule has 27 heavy (non-hydrogen) atoms. The van der Waals surface area contributed by atoms with Crippen LogP contribution >= 0.6 is 0 Å². The molecular weight excluding hydrogens is 348 g/mol. The summed E-state index contributed by atoms with van der Waals surface area (Å²) in [5, 5.41) is 24.8. The number of carbonyl (C=O) groups excluding carboxylic acids is 1. The Balaban J connectivity index is 1.77. The van der Waals surface area contributed by atoms with Gasteiger partial charge in [0.15, 0.2) is 5.78 Å². The number of morpholine rings is 1. The third-order valence-corrected chi connectivity index (χ3v) is 5.53. The Morgan fingerprint density at radius 3 is 2.67 bits per heavy atom. The third kappa shape index (κ3) is 2.69. The fourth-order valence-electron chi connectivity index (χ4n) is 4.47. The number of β-amino-alcohol motifs (C(OH)–C–C–N with tert-alkyl or cyclic N) is 1. The van der Waals surface area contributed by atoms with Gasteiger partial charge >= 0.3 is 0 Å². The Hall–Kier alpha value is -2.22. The van der Waals surface area contributed by atoms with Crippen LogP contribution in [0.1, 0.15) is 22.3 Å². The monoisotopic (exact) mass is 372 g/mol. The lowest BCUT2D eigenvalue weighted by molar-refractivity contribution is -0.271. The lowest BCUT2D eigenvalue weighted by Gasteiger charge is -2.47. The van der Waals surface area contributed by atoms with E-state index in [9.17, 15) is 15.0 Å². The zero-order valence-corrected chi connectivity index (χ0v) is 15.7. The maximum absolute atomic E-state index is 13.0. The van der Waals surface area contributed by atoms with Crippen LogP contribution in [0, 0.1) is 26.7 Å². The molecular formula is C20H24N2O5. The molecule has 0 radical (unpaired) electrons. The number of benzene rings is 1. The lowest BCUT2D eigenvalue weighted by Crippen LogP contribution is -2.62. The molecule has 0 spiro atoms. The summed E-state index contributed by atoms with van der Waals surface area (Å²) >= 11 is 0. The van der Waals surface area contributed by atoms with Crippen molar-refractivity contribution in [1.82, 2.24) is 4.90 Å². The van der Waals surface area contributed by atoms with E-state index in [-0.39, 0.29) is 19.0 Å². The summed E-state index contributed by atoms with van der Waals surface area (Å²) in [6.45, 7) is 6.97. The number of hydrogen-bond donors (Lipinski definition) is 2. The lowest BCUT2D eigenvalue weighted by atomic mass is 9.77. The van der Waals surface area contributed by atoms with Gasteiger partial charge in [0, 0.05) is 24.7 Å². The zero-order chi connectivity index (χ0) is 19.3. The van der Waals surface area contributed by atoms with Crippen molar-refractivity contribution in [1.29, 1.82) is 0 Å².